The minimum atomic E-state index is -0.0677. The lowest BCUT2D eigenvalue weighted by Crippen LogP contribution is -2.28. The molecule has 0 saturated carbocycles. The lowest BCUT2D eigenvalue weighted by atomic mass is 10.3. The van der Waals surface area contributed by atoms with Crippen molar-refractivity contribution in [1.82, 2.24) is 0 Å². The van der Waals surface area contributed by atoms with E-state index >= 15 is 0 Å². The van der Waals surface area contributed by atoms with E-state index in [2.05, 4.69) is 25.6 Å². The number of nitrogens with zero attached hydrogens (tertiary/aromatic N) is 1. The molecule has 0 aromatic carbocycles. The van der Waals surface area contributed by atoms with Crippen LogP contribution < -0.4 is 0 Å². The summed E-state index contributed by atoms with van der Waals surface area (Å²) in [6.45, 7) is 5.19. The molecule has 11 heavy (non-hydrogen) atoms. The van der Waals surface area contributed by atoms with Crippen molar-refractivity contribution in [2.24, 2.45) is 0 Å². The summed E-state index contributed by atoms with van der Waals surface area (Å²) in [5, 5.41) is 0. The smallest absolute Gasteiger partial charge is 0.371 e. The molecule has 3 nitrogen and oxygen atoms in total. The van der Waals surface area contributed by atoms with Gasteiger partial charge in [-0.25, -0.2) is 4.79 Å². The highest BCUT2D eigenvalue weighted by molar-refractivity contribution is 5.77. The van der Waals surface area contributed by atoms with Crippen LogP contribution in [0.3, 0.4) is 0 Å². The van der Waals surface area contributed by atoms with E-state index in [0.29, 0.717) is 6.04 Å². The van der Waals surface area contributed by atoms with Crippen LogP contribution in [0, 0.1) is 0 Å². The van der Waals surface area contributed by atoms with Gasteiger partial charge < -0.3 is 9.22 Å². The van der Waals surface area contributed by atoms with E-state index < -0.39 is 0 Å². The Morgan fingerprint density at radius 2 is 2.18 bits per heavy atom. The van der Waals surface area contributed by atoms with E-state index in [1.54, 1.807) is 0 Å². The first-order chi connectivity index (χ1) is 5.07. The number of rotatable bonds is 2. The molecule has 0 bridgehead atoms. The Hall–Kier alpha value is -0.570. The molecule has 0 N–H and O–H groups in total. The number of carbonyl (C=O) groups excluding carboxylic acids is 1. The Kier molecular flexibility index (Phi) is 1.92. The second-order valence-corrected chi connectivity index (χ2v) is 3.37. The van der Waals surface area contributed by atoms with Crippen molar-refractivity contribution in [1.29, 1.82) is 0 Å². The maximum absolute atomic E-state index is 11.1. The van der Waals surface area contributed by atoms with Gasteiger partial charge in [-0.05, 0) is 13.8 Å². The van der Waals surface area contributed by atoms with Gasteiger partial charge in [0.2, 0.25) is 6.04 Å². The first-order valence-corrected chi connectivity index (χ1v) is 4.00. The van der Waals surface area contributed by atoms with Crippen LogP contribution in [0.2, 0.25) is 0 Å². The van der Waals surface area contributed by atoms with Gasteiger partial charge in [0.15, 0.2) is 6.04 Å². The Labute approximate surface area is 67.5 Å². The summed E-state index contributed by atoms with van der Waals surface area (Å²) in [6.07, 6.45) is 0. The van der Waals surface area contributed by atoms with Crippen molar-refractivity contribution in [3.63, 3.8) is 0 Å². The molecule has 1 saturated heterocycles. The number of hydrogen-bond donors (Lipinski definition) is 0. The second-order valence-electron chi connectivity index (χ2n) is 3.37. The first-order valence-electron chi connectivity index (χ1n) is 4.00. The van der Waals surface area contributed by atoms with Gasteiger partial charge in [0.25, 0.3) is 0 Å². The first kappa shape index (κ1) is 8.53. The molecule has 0 radical (unpaired) electrons. The van der Waals surface area contributed by atoms with Gasteiger partial charge in [-0.1, -0.05) is 0 Å². The van der Waals surface area contributed by atoms with Crippen LogP contribution in [0.4, 0.5) is 0 Å². The zero-order valence-corrected chi connectivity index (χ0v) is 7.63. The number of ether oxygens (including phenoxy) is 1. The highest BCUT2D eigenvalue weighted by Gasteiger charge is 2.64. The molecule has 0 aromatic heterocycles. The zero-order valence-electron chi connectivity index (χ0n) is 7.63. The molecule has 1 fully saturated rings. The van der Waals surface area contributed by atoms with E-state index in [0.717, 1.165) is 11.0 Å². The average Bonchev–Trinajstić information content (AvgIpc) is 2.55. The molecule has 0 aliphatic carbocycles. The fourth-order valence-corrected chi connectivity index (χ4v) is 1.74. The fourth-order valence-electron chi connectivity index (χ4n) is 1.74. The number of methoxy groups -OCH3 is 1. The molecule has 1 rings (SSSR count). The summed E-state index contributed by atoms with van der Waals surface area (Å²) in [4.78, 5) is 11.1. The maximum atomic E-state index is 11.1. The zero-order chi connectivity index (χ0) is 8.65. The summed E-state index contributed by atoms with van der Waals surface area (Å²) in [5.74, 6) is -0.0677. The summed E-state index contributed by atoms with van der Waals surface area (Å²) < 4.78 is 5.53. The Bertz CT molecular complexity index is 181. The van der Waals surface area contributed by atoms with Crippen LogP contribution in [0.5, 0.6) is 0 Å². The minimum Gasteiger partial charge on any atom is -0.464 e. The summed E-state index contributed by atoms with van der Waals surface area (Å²) in [7, 11) is 3.54. The Balaban J connectivity index is 2.60. The van der Waals surface area contributed by atoms with Crippen molar-refractivity contribution in [2.45, 2.75) is 25.9 Å². The molecule has 0 spiro atoms. The Morgan fingerprint density at radius 1 is 1.64 bits per heavy atom. The summed E-state index contributed by atoms with van der Waals surface area (Å²) in [6, 6.07) is 0.525. The number of carbonyl (C=O) groups is 1. The van der Waals surface area contributed by atoms with E-state index in [-0.39, 0.29) is 12.0 Å². The molecule has 0 unspecified atom stereocenters. The average molecular weight is 158 g/mol. The van der Waals surface area contributed by atoms with Crippen molar-refractivity contribution in [3.05, 3.63) is 0 Å². The van der Waals surface area contributed by atoms with Gasteiger partial charge in [-0.2, -0.15) is 0 Å². The molecular weight excluding hydrogens is 142 g/mol. The number of quaternary nitrogens is 1. The van der Waals surface area contributed by atoms with Gasteiger partial charge in [-0.15, -0.1) is 0 Å². The summed E-state index contributed by atoms with van der Waals surface area (Å²) >= 11 is 0. The van der Waals surface area contributed by atoms with Gasteiger partial charge in [0.1, 0.15) is 0 Å². The largest absolute Gasteiger partial charge is 0.464 e. The third-order valence-electron chi connectivity index (χ3n) is 3.06. The number of hydrogen-bond acceptors (Lipinski definition) is 2. The second kappa shape index (κ2) is 2.48. The van der Waals surface area contributed by atoms with Crippen molar-refractivity contribution in [2.75, 3.05) is 20.7 Å². The van der Waals surface area contributed by atoms with Gasteiger partial charge in [0.05, 0.1) is 20.7 Å². The van der Waals surface area contributed by atoms with Crippen molar-refractivity contribution < 1.29 is 14.0 Å². The van der Waals surface area contributed by atoms with Crippen LogP contribution in [-0.4, -0.2) is 43.2 Å². The molecule has 0 aromatic rings. The summed E-state index contributed by atoms with van der Waals surface area (Å²) in [5.41, 5.74) is 0. The molecule has 3 atom stereocenters. The van der Waals surface area contributed by atoms with Gasteiger partial charge >= 0.3 is 5.97 Å². The fraction of sp³-hybridized carbons (Fsp3) is 0.875. The number of likely N-dealkylation sites (N-methyl/N-ethyl adjacent to an activating group) is 1. The van der Waals surface area contributed by atoms with Crippen molar-refractivity contribution >= 4 is 5.97 Å². The molecule has 0 amide bonds. The minimum absolute atomic E-state index is 0.0677. The van der Waals surface area contributed by atoms with E-state index in [9.17, 15) is 4.79 Å². The SMILES string of the molecule is CC[N@+]1(C)[C@@H](C)[C@@H]1C(=O)OC. The Morgan fingerprint density at radius 3 is 2.45 bits per heavy atom. The lowest BCUT2D eigenvalue weighted by Gasteiger charge is -2.10. The third kappa shape index (κ3) is 1.03. The highest BCUT2D eigenvalue weighted by Crippen LogP contribution is 2.37. The van der Waals surface area contributed by atoms with Gasteiger partial charge in [-0.3, -0.25) is 0 Å². The standard InChI is InChI=1S/C8H16NO2/c1-5-9(3)6(2)7(9)8(10)11-4/h6-7H,5H2,1-4H3/q+1/t6-,7+,9+/m0/s1. The van der Waals surface area contributed by atoms with Gasteiger partial charge in [0, 0.05) is 0 Å². The van der Waals surface area contributed by atoms with Crippen LogP contribution in [0.25, 0.3) is 0 Å². The quantitative estimate of drug-likeness (QED) is 0.330. The molecule has 3 heteroatoms. The third-order valence-corrected chi connectivity index (χ3v) is 3.06. The van der Waals surface area contributed by atoms with Crippen LogP contribution in [0.15, 0.2) is 0 Å². The lowest BCUT2D eigenvalue weighted by molar-refractivity contribution is -0.797. The molecule has 1 aliphatic rings. The normalized spacial score (nSPS) is 41.8. The molecule has 1 aliphatic heterocycles. The number of esters is 1. The highest BCUT2D eigenvalue weighted by atomic mass is 16.5. The molecule has 1 heterocycles. The maximum Gasteiger partial charge on any atom is 0.371 e. The van der Waals surface area contributed by atoms with E-state index in [1.807, 2.05) is 0 Å². The van der Waals surface area contributed by atoms with E-state index in [4.69, 9.17) is 0 Å². The molecular formula is C8H16NO2+. The monoisotopic (exact) mass is 158 g/mol. The van der Waals surface area contributed by atoms with Crippen LogP contribution >= 0.6 is 0 Å². The predicted octanol–water partition coefficient (Wildman–Crippen LogP) is 0.397. The van der Waals surface area contributed by atoms with Crippen molar-refractivity contribution in [3.8, 4) is 0 Å². The van der Waals surface area contributed by atoms with Crippen LogP contribution in [0.1, 0.15) is 13.8 Å². The topological polar surface area (TPSA) is 26.3 Å². The predicted molar refractivity (Wildman–Crippen MR) is 42.0 cm³/mol. The molecule has 64 valence electrons. The van der Waals surface area contributed by atoms with Crippen LogP contribution in [-0.2, 0) is 9.53 Å². The van der Waals surface area contributed by atoms with E-state index in [1.165, 1.54) is 7.11 Å².